The van der Waals surface area contributed by atoms with E-state index in [4.69, 9.17) is 0 Å². The average Bonchev–Trinajstić information content (AvgIpc) is 2.35. The van der Waals surface area contributed by atoms with Crippen molar-refractivity contribution >= 4 is 21.8 Å². The minimum atomic E-state index is 0.0250. The lowest BCUT2D eigenvalue weighted by molar-refractivity contribution is 0.0883. The first-order valence-electron chi connectivity index (χ1n) is 6.73. The van der Waals surface area contributed by atoms with Gasteiger partial charge in [0.05, 0.1) is 5.56 Å². The number of halogens is 1. The molecule has 19 heavy (non-hydrogen) atoms. The number of amides is 1. The minimum Gasteiger partial charge on any atom is -0.349 e. The molecule has 0 spiro atoms. The highest BCUT2D eigenvalue weighted by atomic mass is 79.9. The molecule has 1 N–H and O–H groups in total. The summed E-state index contributed by atoms with van der Waals surface area (Å²) in [4.78, 5) is 14.7. The van der Waals surface area contributed by atoms with Crippen molar-refractivity contribution in [2.24, 2.45) is 5.92 Å². The lowest BCUT2D eigenvalue weighted by Crippen LogP contribution is -2.48. The molecular weight excluding hydrogens is 304 g/mol. The zero-order valence-corrected chi connectivity index (χ0v) is 13.3. The zero-order chi connectivity index (χ0) is 14.0. The molecule has 104 valence electrons. The number of piperidine rings is 1. The Hall–Kier alpha value is -0.870. The molecule has 0 aromatic heterocycles. The summed E-state index contributed by atoms with van der Waals surface area (Å²) in [6, 6.07) is 6.14. The van der Waals surface area contributed by atoms with Gasteiger partial charge in [-0.1, -0.05) is 18.6 Å². The Bertz CT molecular complexity index is 475. The summed E-state index contributed by atoms with van der Waals surface area (Å²) in [7, 11) is 2.13. The standard InChI is InChI=1S/C15H21BrN2O/c1-10-4-5-13(16)12(8-10)15(19)17-14-6-7-18(3)9-11(14)2/h4-5,8,11,14H,6-7,9H2,1-3H3,(H,17,19). The van der Waals surface area contributed by atoms with E-state index in [2.05, 4.69) is 40.1 Å². The number of aryl methyl sites for hydroxylation is 1. The van der Waals surface area contributed by atoms with E-state index < -0.39 is 0 Å². The number of hydrogen-bond donors (Lipinski definition) is 1. The molecule has 1 aromatic carbocycles. The molecule has 1 heterocycles. The zero-order valence-electron chi connectivity index (χ0n) is 11.7. The van der Waals surface area contributed by atoms with Gasteiger partial charge in [0, 0.05) is 17.1 Å². The van der Waals surface area contributed by atoms with Crippen LogP contribution in [0.5, 0.6) is 0 Å². The lowest BCUT2D eigenvalue weighted by Gasteiger charge is -2.35. The molecule has 0 radical (unpaired) electrons. The van der Waals surface area contributed by atoms with E-state index in [0.717, 1.165) is 35.1 Å². The van der Waals surface area contributed by atoms with Gasteiger partial charge in [-0.05, 0) is 60.9 Å². The van der Waals surface area contributed by atoms with E-state index in [9.17, 15) is 4.79 Å². The second kappa shape index (κ2) is 6.06. The van der Waals surface area contributed by atoms with Crippen LogP contribution in [0.3, 0.4) is 0 Å². The maximum absolute atomic E-state index is 12.4. The minimum absolute atomic E-state index is 0.0250. The molecule has 2 rings (SSSR count). The van der Waals surface area contributed by atoms with Gasteiger partial charge in [0.25, 0.3) is 5.91 Å². The third kappa shape index (κ3) is 3.57. The van der Waals surface area contributed by atoms with Crippen LogP contribution in [0.1, 0.15) is 29.3 Å². The van der Waals surface area contributed by atoms with Crippen molar-refractivity contribution in [3.63, 3.8) is 0 Å². The highest BCUT2D eigenvalue weighted by Gasteiger charge is 2.26. The van der Waals surface area contributed by atoms with Gasteiger partial charge in [0.15, 0.2) is 0 Å². The summed E-state index contributed by atoms with van der Waals surface area (Å²) in [6.45, 7) is 6.29. The number of carbonyl (C=O) groups excluding carboxylic acids is 1. The summed E-state index contributed by atoms with van der Waals surface area (Å²) in [6.07, 6.45) is 1.02. The molecule has 1 saturated heterocycles. The molecule has 0 aliphatic carbocycles. The number of nitrogens with zero attached hydrogens (tertiary/aromatic N) is 1. The Morgan fingerprint density at radius 3 is 2.89 bits per heavy atom. The van der Waals surface area contributed by atoms with Crippen molar-refractivity contribution in [3.8, 4) is 0 Å². The highest BCUT2D eigenvalue weighted by Crippen LogP contribution is 2.20. The summed E-state index contributed by atoms with van der Waals surface area (Å²) in [5.41, 5.74) is 1.83. The van der Waals surface area contributed by atoms with Gasteiger partial charge in [-0.15, -0.1) is 0 Å². The smallest absolute Gasteiger partial charge is 0.252 e. The van der Waals surface area contributed by atoms with Gasteiger partial charge in [0.2, 0.25) is 0 Å². The normalized spacial score (nSPS) is 24.2. The molecule has 1 aromatic rings. The van der Waals surface area contributed by atoms with Crippen LogP contribution in [0.2, 0.25) is 0 Å². The Kier molecular flexibility index (Phi) is 4.63. The van der Waals surface area contributed by atoms with Crippen molar-refractivity contribution in [3.05, 3.63) is 33.8 Å². The molecule has 1 amide bonds. The third-order valence-electron chi connectivity index (χ3n) is 3.79. The van der Waals surface area contributed by atoms with Gasteiger partial charge in [-0.25, -0.2) is 0 Å². The first-order valence-corrected chi connectivity index (χ1v) is 7.52. The fourth-order valence-electron chi connectivity index (χ4n) is 2.63. The first-order chi connectivity index (χ1) is 8.97. The summed E-state index contributed by atoms with van der Waals surface area (Å²) in [5, 5.41) is 3.18. The van der Waals surface area contributed by atoms with Crippen molar-refractivity contribution in [2.75, 3.05) is 20.1 Å². The molecular formula is C15H21BrN2O. The topological polar surface area (TPSA) is 32.3 Å². The van der Waals surface area contributed by atoms with Crippen molar-refractivity contribution in [1.82, 2.24) is 10.2 Å². The predicted octanol–water partition coefficient (Wildman–Crippen LogP) is 2.83. The van der Waals surface area contributed by atoms with Gasteiger partial charge >= 0.3 is 0 Å². The largest absolute Gasteiger partial charge is 0.349 e. The van der Waals surface area contributed by atoms with Gasteiger partial charge < -0.3 is 10.2 Å². The number of nitrogens with one attached hydrogen (secondary N) is 1. The second-order valence-electron chi connectivity index (χ2n) is 5.59. The number of hydrogen-bond acceptors (Lipinski definition) is 2. The molecule has 4 heteroatoms. The summed E-state index contributed by atoms with van der Waals surface area (Å²) < 4.78 is 0.858. The lowest BCUT2D eigenvalue weighted by atomic mass is 9.94. The van der Waals surface area contributed by atoms with Gasteiger partial charge in [-0.3, -0.25) is 4.79 Å². The Labute approximate surface area is 123 Å². The molecule has 3 nitrogen and oxygen atoms in total. The van der Waals surface area contributed by atoms with Crippen LogP contribution >= 0.6 is 15.9 Å². The van der Waals surface area contributed by atoms with Crippen LogP contribution in [0.15, 0.2) is 22.7 Å². The molecule has 1 aliphatic heterocycles. The van der Waals surface area contributed by atoms with Crippen molar-refractivity contribution < 1.29 is 4.79 Å². The quantitative estimate of drug-likeness (QED) is 0.907. The maximum Gasteiger partial charge on any atom is 0.252 e. The molecule has 2 atom stereocenters. The molecule has 1 aliphatic rings. The Morgan fingerprint density at radius 2 is 2.21 bits per heavy atom. The maximum atomic E-state index is 12.4. The second-order valence-corrected chi connectivity index (χ2v) is 6.45. The van der Waals surface area contributed by atoms with Crippen LogP contribution in [-0.2, 0) is 0 Å². The van der Waals surface area contributed by atoms with E-state index in [1.54, 1.807) is 0 Å². The van der Waals surface area contributed by atoms with E-state index in [1.165, 1.54) is 0 Å². The molecule has 0 bridgehead atoms. The van der Waals surface area contributed by atoms with Crippen LogP contribution in [-0.4, -0.2) is 37.0 Å². The Balaban J connectivity index is 2.06. The van der Waals surface area contributed by atoms with Crippen molar-refractivity contribution in [1.29, 1.82) is 0 Å². The predicted molar refractivity (Wildman–Crippen MR) is 81.4 cm³/mol. The van der Waals surface area contributed by atoms with Gasteiger partial charge in [0.1, 0.15) is 0 Å². The van der Waals surface area contributed by atoms with Crippen LogP contribution in [0, 0.1) is 12.8 Å². The fourth-order valence-corrected chi connectivity index (χ4v) is 3.05. The van der Waals surface area contributed by atoms with Crippen LogP contribution in [0.25, 0.3) is 0 Å². The van der Waals surface area contributed by atoms with E-state index >= 15 is 0 Å². The number of likely N-dealkylation sites (tertiary alicyclic amines) is 1. The van der Waals surface area contributed by atoms with E-state index in [0.29, 0.717) is 5.92 Å². The molecule has 2 unspecified atom stereocenters. The van der Waals surface area contributed by atoms with Crippen LogP contribution < -0.4 is 5.32 Å². The summed E-state index contributed by atoms with van der Waals surface area (Å²) in [5.74, 6) is 0.517. The number of rotatable bonds is 2. The SMILES string of the molecule is Cc1ccc(Br)c(C(=O)NC2CCN(C)CC2C)c1. The fraction of sp³-hybridized carbons (Fsp3) is 0.533. The average molecular weight is 325 g/mol. The van der Waals surface area contributed by atoms with E-state index in [1.807, 2.05) is 25.1 Å². The van der Waals surface area contributed by atoms with Crippen molar-refractivity contribution in [2.45, 2.75) is 26.3 Å². The van der Waals surface area contributed by atoms with Gasteiger partial charge in [-0.2, -0.15) is 0 Å². The summed E-state index contributed by atoms with van der Waals surface area (Å²) >= 11 is 3.45. The first kappa shape index (κ1) is 14.5. The van der Waals surface area contributed by atoms with Crippen LogP contribution in [0.4, 0.5) is 0 Å². The van der Waals surface area contributed by atoms with E-state index in [-0.39, 0.29) is 11.9 Å². The highest BCUT2D eigenvalue weighted by molar-refractivity contribution is 9.10. The molecule has 0 saturated carbocycles. The number of benzene rings is 1. The third-order valence-corrected chi connectivity index (χ3v) is 4.48. The Morgan fingerprint density at radius 1 is 1.47 bits per heavy atom. The monoisotopic (exact) mass is 324 g/mol. The number of carbonyl (C=O) groups is 1. The molecule has 1 fully saturated rings.